The third-order valence-corrected chi connectivity index (χ3v) is 7.01. The highest BCUT2D eigenvalue weighted by molar-refractivity contribution is 5.04. The average Bonchev–Trinajstić information content (AvgIpc) is 2.46. The summed E-state index contributed by atoms with van der Waals surface area (Å²) in [6.45, 7) is 10.4. The molecule has 1 unspecified atom stereocenters. The Hall–Kier alpha value is -0.120. The van der Waals surface area contributed by atoms with Crippen LogP contribution in [-0.4, -0.2) is 61.2 Å². The lowest BCUT2D eigenvalue weighted by atomic mass is 9.65. The Bertz CT molecular complexity index is 341. The molecule has 1 atom stereocenters. The topological polar surface area (TPSA) is 18.5 Å². The molecule has 3 aliphatic heterocycles. The van der Waals surface area contributed by atoms with Gasteiger partial charge in [-0.15, -0.1) is 0 Å². The first kappa shape index (κ1) is 14.5. The summed E-state index contributed by atoms with van der Waals surface area (Å²) in [5, 5.41) is 3.56. The van der Waals surface area contributed by atoms with E-state index in [9.17, 15) is 0 Å². The van der Waals surface area contributed by atoms with Crippen molar-refractivity contribution in [3.8, 4) is 0 Å². The first-order chi connectivity index (χ1) is 10.3. The van der Waals surface area contributed by atoms with Gasteiger partial charge in [-0.1, -0.05) is 13.3 Å². The minimum atomic E-state index is 0.748. The smallest absolute Gasteiger partial charge is 0.0351 e. The van der Waals surface area contributed by atoms with Crippen molar-refractivity contribution in [1.29, 1.82) is 0 Å². The summed E-state index contributed by atoms with van der Waals surface area (Å²) in [4.78, 5) is 5.54. The zero-order chi connectivity index (χ0) is 14.3. The van der Waals surface area contributed by atoms with E-state index in [2.05, 4.69) is 22.0 Å². The monoisotopic (exact) mass is 291 g/mol. The Morgan fingerprint density at radius 1 is 1.00 bits per heavy atom. The van der Waals surface area contributed by atoms with E-state index in [1.165, 1.54) is 84.2 Å². The third-order valence-electron chi connectivity index (χ3n) is 7.01. The van der Waals surface area contributed by atoms with Gasteiger partial charge in [0.1, 0.15) is 0 Å². The molecule has 1 aliphatic carbocycles. The summed E-state index contributed by atoms with van der Waals surface area (Å²) in [7, 11) is 0. The lowest BCUT2D eigenvalue weighted by molar-refractivity contribution is -0.109. The molecule has 0 aromatic rings. The second-order valence-electron chi connectivity index (χ2n) is 8.36. The Morgan fingerprint density at radius 3 is 2.38 bits per heavy atom. The van der Waals surface area contributed by atoms with E-state index in [4.69, 9.17) is 0 Å². The third kappa shape index (κ3) is 2.77. The fraction of sp³-hybridized carbons (Fsp3) is 1.00. The molecule has 3 nitrogen and oxygen atoms in total. The van der Waals surface area contributed by atoms with Crippen LogP contribution in [0.3, 0.4) is 0 Å². The van der Waals surface area contributed by atoms with Crippen LogP contribution in [0.5, 0.6) is 0 Å². The maximum atomic E-state index is 3.56. The number of nitrogens with one attached hydrogen (secondary N) is 1. The van der Waals surface area contributed by atoms with E-state index in [-0.39, 0.29) is 0 Å². The van der Waals surface area contributed by atoms with Gasteiger partial charge < -0.3 is 5.32 Å². The number of likely N-dealkylation sites (tertiary alicyclic amines) is 2. The number of hydrogen-bond donors (Lipinski definition) is 1. The fourth-order valence-electron chi connectivity index (χ4n) is 5.25. The molecule has 1 spiro atoms. The van der Waals surface area contributed by atoms with Crippen LogP contribution >= 0.6 is 0 Å². The molecule has 1 N–H and O–H groups in total. The maximum absolute atomic E-state index is 3.56. The van der Waals surface area contributed by atoms with Gasteiger partial charge in [-0.05, 0) is 56.4 Å². The van der Waals surface area contributed by atoms with Crippen molar-refractivity contribution in [3.63, 3.8) is 0 Å². The van der Waals surface area contributed by atoms with E-state index in [0.717, 1.165) is 23.4 Å². The maximum Gasteiger partial charge on any atom is 0.0351 e. The molecule has 0 radical (unpaired) electrons. The molecular formula is C18H33N3. The molecule has 0 amide bonds. The Morgan fingerprint density at radius 2 is 1.76 bits per heavy atom. The average molecular weight is 291 g/mol. The Balaban J connectivity index is 1.19. The fourth-order valence-corrected chi connectivity index (χ4v) is 5.25. The van der Waals surface area contributed by atoms with E-state index in [1.54, 1.807) is 0 Å². The van der Waals surface area contributed by atoms with Crippen molar-refractivity contribution < 1.29 is 0 Å². The quantitative estimate of drug-likeness (QED) is 0.861. The molecule has 4 aliphatic rings. The lowest BCUT2D eigenvalue weighted by Gasteiger charge is -2.60. The van der Waals surface area contributed by atoms with Crippen LogP contribution in [0.25, 0.3) is 0 Å². The molecule has 1 saturated carbocycles. The van der Waals surface area contributed by atoms with Crippen LogP contribution in [0.4, 0.5) is 0 Å². The van der Waals surface area contributed by atoms with E-state index >= 15 is 0 Å². The van der Waals surface area contributed by atoms with Gasteiger partial charge in [0, 0.05) is 44.8 Å². The minimum absolute atomic E-state index is 0.748. The molecule has 0 bridgehead atoms. The Kier molecular flexibility index (Phi) is 4.01. The summed E-state index contributed by atoms with van der Waals surface area (Å²) in [5.41, 5.74) is 0.748. The van der Waals surface area contributed by atoms with Crippen LogP contribution in [-0.2, 0) is 0 Å². The van der Waals surface area contributed by atoms with Gasteiger partial charge >= 0.3 is 0 Å². The lowest BCUT2D eigenvalue weighted by Crippen LogP contribution is -2.71. The number of nitrogens with zero attached hydrogens (tertiary/aromatic N) is 2. The number of hydrogen-bond acceptors (Lipinski definition) is 3. The van der Waals surface area contributed by atoms with Crippen LogP contribution in [0.15, 0.2) is 0 Å². The summed E-state index contributed by atoms with van der Waals surface area (Å²) in [5.74, 6) is 1.04. The number of piperidine rings is 1. The molecule has 3 heterocycles. The highest BCUT2D eigenvalue weighted by Gasteiger charge is 2.49. The van der Waals surface area contributed by atoms with Gasteiger partial charge in [0.25, 0.3) is 0 Å². The van der Waals surface area contributed by atoms with Crippen LogP contribution < -0.4 is 5.32 Å². The normalized spacial score (nSPS) is 35.6. The van der Waals surface area contributed by atoms with Crippen LogP contribution in [0.2, 0.25) is 0 Å². The van der Waals surface area contributed by atoms with Crippen molar-refractivity contribution in [2.75, 3.05) is 39.3 Å². The molecule has 0 aromatic carbocycles. The van der Waals surface area contributed by atoms with Gasteiger partial charge in [-0.25, -0.2) is 0 Å². The molecule has 4 rings (SSSR count). The largest absolute Gasteiger partial charge is 0.315 e. The molecule has 3 saturated heterocycles. The highest BCUT2D eigenvalue weighted by atomic mass is 15.4. The Labute approximate surface area is 130 Å². The summed E-state index contributed by atoms with van der Waals surface area (Å²) < 4.78 is 0. The predicted molar refractivity (Wildman–Crippen MR) is 87.5 cm³/mol. The summed E-state index contributed by atoms with van der Waals surface area (Å²) in [6, 6.07) is 1.73. The highest BCUT2D eigenvalue weighted by Crippen LogP contribution is 2.47. The molecule has 3 heteroatoms. The van der Waals surface area contributed by atoms with E-state index in [1.807, 2.05) is 0 Å². The zero-order valence-electron chi connectivity index (χ0n) is 13.8. The van der Waals surface area contributed by atoms with Crippen LogP contribution in [0.1, 0.15) is 51.9 Å². The van der Waals surface area contributed by atoms with Gasteiger partial charge in [0.05, 0.1) is 0 Å². The zero-order valence-corrected chi connectivity index (χ0v) is 13.8. The van der Waals surface area contributed by atoms with Crippen molar-refractivity contribution in [2.45, 2.75) is 64.0 Å². The summed E-state index contributed by atoms with van der Waals surface area (Å²) in [6.07, 6.45) is 10.3. The number of rotatable bonds is 3. The molecule has 120 valence electrons. The molecule has 0 aromatic heterocycles. The van der Waals surface area contributed by atoms with Gasteiger partial charge in [0.2, 0.25) is 0 Å². The first-order valence-electron chi connectivity index (χ1n) is 9.47. The molecule has 21 heavy (non-hydrogen) atoms. The first-order valence-corrected chi connectivity index (χ1v) is 9.47. The van der Waals surface area contributed by atoms with E-state index in [0.29, 0.717) is 0 Å². The second-order valence-corrected chi connectivity index (χ2v) is 8.36. The minimum Gasteiger partial charge on any atom is -0.315 e. The van der Waals surface area contributed by atoms with Crippen molar-refractivity contribution >= 4 is 0 Å². The molecular weight excluding hydrogens is 258 g/mol. The van der Waals surface area contributed by atoms with Gasteiger partial charge in [-0.3, -0.25) is 9.80 Å². The van der Waals surface area contributed by atoms with Crippen molar-refractivity contribution in [3.05, 3.63) is 0 Å². The van der Waals surface area contributed by atoms with Crippen LogP contribution in [0, 0.1) is 11.3 Å². The standard InChI is InChI=1S/C18H33N3/c1-2-15-5-7-18(8-6-15)13-21(14-18)17-11-20(12-17)16-4-3-9-19-10-16/h15-17,19H,2-14H2,1H3. The van der Waals surface area contributed by atoms with E-state index < -0.39 is 0 Å². The predicted octanol–water partition coefficient (Wildman–Crippen LogP) is 2.32. The summed E-state index contributed by atoms with van der Waals surface area (Å²) >= 11 is 0. The van der Waals surface area contributed by atoms with Crippen molar-refractivity contribution in [1.82, 2.24) is 15.1 Å². The van der Waals surface area contributed by atoms with Crippen molar-refractivity contribution in [2.24, 2.45) is 11.3 Å². The van der Waals surface area contributed by atoms with Gasteiger partial charge in [0.15, 0.2) is 0 Å². The van der Waals surface area contributed by atoms with Gasteiger partial charge in [-0.2, -0.15) is 0 Å². The molecule has 4 fully saturated rings. The second kappa shape index (κ2) is 5.82. The SMILES string of the molecule is CCC1CCC2(CC1)CN(C1CN(C3CCCNC3)C1)C2.